The number of carbonyl (C=O) groups excluding carboxylic acids is 2. The number of esters is 1. The van der Waals surface area contributed by atoms with Gasteiger partial charge in [-0.2, -0.15) is 0 Å². The maximum absolute atomic E-state index is 13.0. The van der Waals surface area contributed by atoms with Crippen molar-refractivity contribution in [3.8, 4) is 0 Å². The predicted octanol–water partition coefficient (Wildman–Crippen LogP) is 2.46. The van der Waals surface area contributed by atoms with Gasteiger partial charge in [0.05, 0.1) is 6.04 Å². The lowest BCUT2D eigenvalue weighted by atomic mass is 9.74. The van der Waals surface area contributed by atoms with E-state index in [1.165, 1.54) is 13.0 Å². The summed E-state index contributed by atoms with van der Waals surface area (Å²) < 4.78 is 16.5. The Bertz CT molecular complexity index is 1450. The van der Waals surface area contributed by atoms with Crippen LogP contribution in [0.3, 0.4) is 0 Å². The first kappa shape index (κ1) is 39.3. The number of carbonyl (C=O) groups is 5. The van der Waals surface area contributed by atoms with Crippen LogP contribution >= 0.6 is 0 Å². The van der Waals surface area contributed by atoms with Crippen LogP contribution in [0.15, 0.2) is 54.6 Å². The zero-order valence-electron chi connectivity index (χ0n) is 28.3. The highest BCUT2D eigenvalue weighted by Gasteiger charge is 2.85. The summed E-state index contributed by atoms with van der Waals surface area (Å²) in [7, 11) is 0. The molecule has 14 nitrogen and oxygen atoms in total. The van der Waals surface area contributed by atoms with Gasteiger partial charge in [0.2, 0.25) is 29.0 Å². The van der Waals surface area contributed by atoms with E-state index in [1.54, 1.807) is 0 Å². The molecule has 1 aromatic rings. The van der Waals surface area contributed by atoms with Gasteiger partial charge in [-0.15, -0.1) is 0 Å². The first-order chi connectivity index (χ1) is 22.9. The Morgan fingerprint density at radius 2 is 1.69 bits per heavy atom. The maximum Gasteiger partial charge on any atom is 0.344 e. The molecule has 2 aliphatic heterocycles. The van der Waals surface area contributed by atoms with Gasteiger partial charge in [-0.05, 0) is 42.6 Å². The largest absolute Gasteiger partial charge is 0.479 e. The molecule has 0 spiro atoms. The van der Waals surface area contributed by atoms with E-state index in [0.717, 1.165) is 18.1 Å². The molecule has 14 heteroatoms. The standard InChI is InChI=1S/C35H47NO13/c1-7-19(2)17-20(3)13-14-25(38)47-28-27(39)33(48-29(30(40)41)34(46,31(42)43)35(28,49-33)32(44)45)16-15-21(4)26(36-23(6)37)22(5)18-24-11-9-8-10-12-24/h8-14,19-20,22,26-29,39,46H,4,7,15-18H2,1-3,5-6H3,(H,36,37)(H,40,41)(H,42,43)(H,44,45)/b14-13+/t19-,20+,22-,26+,27+,28+,29+,33-,34+,35-/m0/s1. The molecule has 0 aromatic heterocycles. The number of hydrogen-bond acceptors (Lipinski definition) is 10. The number of fused-ring (bicyclic) bond motifs is 2. The Morgan fingerprint density at radius 3 is 2.22 bits per heavy atom. The second-order valence-electron chi connectivity index (χ2n) is 13.3. The third-order valence-corrected chi connectivity index (χ3v) is 9.44. The molecule has 1 aromatic carbocycles. The van der Waals surface area contributed by atoms with Crippen LogP contribution < -0.4 is 5.32 Å². The van der Waals surface area contributed by atoms with Gasteiger partial charge in [0.15, 0.2) is 6.10 Å². The molecule has 0 saturated carbocycles. The molecule has 2 heterocycles. The van der Waals surface area contributed by atoms with Crippen molar-refractivity contribution in [3.63, 3.8) is 0 Å². The second kappa shape index (κ2) is 15.6. The van der Waals surface area contributed by atoms with Crippen LogP contribution in [0.1, 0.15) is 65.9 Å². The number of aliphatic carboxylic acids is 3. The summed E-state index contributed by atoms with van der Waals surface area (Å²) >= 11 is 0. The van der Waals surface area contributed by atoms with Crippen LogP contribution in [-0.4, -0.2) is 96.7 Å². The van der Waals surface area contributed by atoms with E-state index < -0.39 is 71.6 Å². The summed E-state index contributed by atoms with van der Waals surface area (Å²) in [6.45, 7) is 13.1. The highest BCUT2D eigenvalue weighted by atomic mass is 16.8. The summed E-state index contributed by atoms with van der Waals surface area (Å²) in [6.07, 6.45) is -3.68. The number of aliphatic hydroxyl groups excluding tert-OH is 1. The summed E-state index contributed by atoms with van der Waals surface area (Å²) in [5.41, 5.74) is -6.09. The highest BCUT2D eigenvalue weighted by molar-refractivity contribution is 5.98. The number of carboxylic acid groups (broad SMARTS) is 3. The van der Waals surface area contributed by atoms with Crippen LogP contribution in [0.25, 0.3) is 0 Å². The minimum absolute atomic E-state index is 0.117. The lowest BCUT2D eigenvalue weighted by Gasteiger charge is -2.48. The van der Waals surface area contributed by atoms with Crippen molar-refractivity contribution in [1.82, 2.24) is 5.32 Å². The molecule has 270 valence electrons. The first-order valence-corrected chi connectivity index (χ1v) is 16.2. The van der Waals surface area contributed by atoms with Crippen LogP contribution in [0.2, 0.25) is 0 Å². The molecule has 10 atom stereocenters. The van der Waals surface area contributed by atoms with E-state index in [0.29, 0.717) is 24.3 Å². The van der Waals surface area contributed by atoms with Crippen molar-refractivity contribution in [2.75, 3.05) is 0 Å². The smallest absolute Gasteiger partial charge is 0.344 e. The lowest BCUT2D eigenvalue weighted by Crippen LogP contribution is -2.78. The number of rotatable bonds is 17. The van der Waals surface area contributed by atoms with Crippen LogP contribution in [0.5, 0.6) is 0 Å². The van der Waals surface area contributed by atoms with Gasteiger partial charge in [-0.3, -0.25) is 4.79 Å². The Labute approximate surface area is 284 Å². The van der Waals surface area contributed by atoms with Gasteiger partial charge in [0, 0.05) is 19.4 Å². The summed E-state index contributed by atoms with van der Waals surface area (Å²) in [5, 5.41) is 56.4. The van der Waals surface area contributed by atoms with Crippen LogP contribution in [0, 0.1) is 17.8 Å². The molecule has 0 radical (unpaired) electrons. The number of aliphatic hydroxyl groups is 2. The van der Waals surface area contributed by atoms with Crippen LogP contribution in [0.4, 0.5) is 0 Å². The zero-order chi connectivity index (χ0) is 36.9. The van der Waals surface area contributed by atoms with E-state index in [4.69, 9.17) is 14.2 Å². The fourth-order valence-corrected chi connectivity index (χ4v) is 6.69. The Morgan fingerprint density at radius 1 is 1.06 bits per heavy atom. The van der Waals surface area contributed by atoms with Crippen LogP contribution in [-0.2, 0) is 44.6 Å². The van der Waals surface area contributed by atoms with Crippen molar-refractivity contribution in [2.24, 2.45) is 17.8 Å². The average Bonchev–Trinajstić information content (AvgIpc) is 3.25. The summed E-state index contributed by atoms with van der Waals surface area (Å²) in [6, 6.07) is 8.74. The fourth-order valence-electron chi connectivity index (χ4n) is 6.69. The SMILES string of the molecule is C=C(CC[C@]12O[C@H](C(=O)O)[C@@](O)(C(=O)O)[C@](C(=O)O)(O1)[C@H](OC(=O)/C=C/[C@@H](C)C[C@@H](C)CC)[C@H]2O)[C@@H](NC(C)=O)[C@@H](C)Cc1ccccc1. The molecular formula is C35H47NO13. The minimum atomic E-state index is -3.88. The molecule has 1 amide bonds. The number of allylic oxidation sites excluding steroid dienone is 1. The molecule has 2 aliphatic rings. The number of amides is 1. The zero-order valence-corrected chi connectivity index (χ0v) is 28.3. The van der Waals surface area contributed by atoms with E-state index >= 15 is 0 Å². The molecule has 49 heavy (non-hydrogen) atoms. The third kappa shape index (κ3) is 7.88. The number of benzene rings is 1. The molecular weight excluding hydrogens is 642 g/mol. The number of nitrogens with one attached hydrogen (secondary N) is 1. The molecule has 2 fully saturated rings. The van der Waals surface area contributed by atoms with Crippen molar-refractivity contribution in [3.05, 3.63) is 60.2 Å². The Kier molecular flexibility index (Phi) is 12.5. The average molecular weight is 690 g/mol. The molecule has 0 unspecified atom stereocenters. The van der Waals surface area contributed by atoms with E-state index in [-0.39, 0.29) is 24.2 Å². The van der Waals surface area contributed by atoms with Gasteiger partial charge in [0.25, 0.3) is 0 Å². The van der Waals surface area contributed by atoms with Crippen molar-refractivity contribution < 1.29 is 63.7 Å². The number of ether oxygens (including phenoxy) is 3. The van der Waals surface area contributed by atoms with Gasteiger partial charge in [0.1, 0.15) is 6.10 Å². The molecule has 0 aliphatic carbocycles. The van der Waals surface area contributed by atoms with Gasteiger partial charge < -0.3 is 45.1 Å². The topological polar surface area (TPSA) is 226 Å². The van der Waals surface area contributed by atoms with Gasteiger partial charge in [-0.1, -0.05) is 82.7 Å². The third-order valence-electron chi connectivity index (χ3n) is 9.44. The van der Waals surface area contributed by atoms with E-state index in [2.05, 4.69) is 11.9 Å². The minimum Gasteiger partial charge on any atom is -0.479 e. The lowest BCUT2D eigenvalue weighted by molar-refractivity contribution is -0.374. The van der Waals surface area contributed by atoms with Gasteiger partial charge >= 0.3 is 23.9 Å². The monoisotopic (exact) mass is 689 g/mol. The first-order valence-electron chi connectivity index (χ1n) is 16.2. The van der Waals surface area contributed by atoms with E-state index in [1.807, 2.05) is 58.0 Å². The van der Waals surface area contributed by atoms with Crippen molar-refractivity contribution >= 4 is 29.8 Å². The quantitative estimate of drug-likeness (QED) is 0.0786. The van der Waals surface area contributed by atoms with Gasteiger partial charge in [-0.25, -0.2) is 19.2 Å². The summed E-state index contributed by atoms with van der Waals surface area (Å²) in [5.74, 6) is -10.9. The molecule has 2 saturated heterocycles. The Hall–Kier alpha value is -4.11. The predicted molar refractivity (Wildman–Crippen MR) is 173 cm³/mol. The molecule has 3 rings (SSSR count). The molecule has 2 bridgehead atoms. The fraction of sp³-hybridized carbons (Fsp3) is 0.571. The second-order valence-corrected chi connectivity index (χ2v) is 13.3. The maximum atomic E-state index is 13.0. The van der Waals surface area contributed by atoms with Crippen molar-refractivity contribution in [1.29, 1.82) is 0 Å². The Balaban J connectivity index is 2.02. The van der Waals surface area contributed by atoms with Crippen molar-refractivity contribution in [2.45, 2.75) is 108 Å². The molecule has 6 N–H and O–H groups in total. The van der Waals surface area contributed by atoms with E-state index in [9.17, 15) is 49.5 Å². The summed E-state index contributed by atoms with van der Waals surface area (Å²) in [4.78, 5) is 63.1. The highest BCUT2D eigenvalue weighted by Crippen LogP contribution is 2.55. The number of carboxylic acids is 3. The normalized spacial score (nSPS) is 30.1. The number of hydrogen-bond donors (Lipinski definition) is 6.